The van der Waals surface area contributed by atoms with Crippen molar-refractivity contribution in [2.75, 3.05) is 32.8 Å². The number of amides is 2. The zero-order valence-electron chi connectivity index (χ0n) is 16.1. The first-order chi connectivity index (χ1) is 13.5. The summed E-state index contributed by atoms with van der Waals surface area (Å²) in [5, 5.41) is 8.77. The van der Waals surface area contributed by atoms with E-state index in [9.17, 15) is 14.4 Å². The second-order valence-corrected chi connectivity index (χ2v) is 6.99. The smallest absolute Gasteiger partial charge is 0.341 e. The number of hydrogen-bond donors (Lipinski definition) is 1. The van der Waals surface area contributed by atoms with Crippen LogP contribution in [0.4, 0.5) is 0 Å². The van der Waals surface area contributed by atoms with Gasteiger partial charge in [-0.3, -0.25) is 9.59 Å². The van der Waals surface area contributed by atoms with Crippen molar-refractivity contribution in [2.24, 2.45) is 0 Å². The summed E-state index contributed by atoms with van der Waals surface area (Å²) in [5.74, 6) is -0.304. The Bertz CT molecular complexity index is 742. The van der Waals surface area contributed by atoms with Gasteiger partial charge in [0.15, 0.2) is 18.1 Å². The molecule has 1 aromatic rings. The van der Waals surface area contributed by atoms with E-state index in [1.54, 1.807) is 30.0 Å². The SMILES string of the molecule is CCOc1cc(C(=O)N2CCC(N3CCCC3=O)CC2)ccc1OCC(=O)O. The normalized spacial score (nSPS) is 17.7. The molecule has 2 heterocycles. The van der Waals surface area contributed by atoms with E-state index < -0.39 is 12.6 Å². The van der Waals surface area contributed by atoms with Crippen LogP contribution in [-0.4, -0.2) is 71.6 Å². The number of carbonyl (C=O) groups is 3. The second kappa shape index (κ2) is 8.95. The van der Waals surface area contributed by atoms with Crippen molar-refractivity contribution in [1.82, 2.24) is 9.80 Å². The minimum atomic E-state index is -1.08. The maximum atomic E-state index is 12.9. The molecule has 2 aliphatic heterocycles. The first kappa shape index (κ1) is 20.0. The van der Waals surface area contributed by atoms with E-state index in [4.69, 9.17) is 14.6 Å². The van der Waals surface area contributed by atoms with Crippen LogP contribution in [0.1, 0.15) is 43.0 Å². The van der Waals surface area contributed by atoms with Gasteiger partial charge in [-0.2, -0.15) is 0 Å². The van der Waals surface area contributed by atoms with E-state index in [0.29, 0.717) is 43.2 Å². The highest BCUT2D eigenvalue weighted by Gasteiger charge is 2.32. The van der Waals surface area contributed by atoms with Gasteiger partial charge < -0.3 is 24.4 Å². The summed E-state index contributed by atoms with van der Waals surface area (Å²) in [7, 11) is 0. The number of carboxylic acids is 1. The Morgan fingerprint density at radius 2 is 1.89 bits per heavy atom. The molecule has 2 amide bonds. The van der Waals surface area contributed by atoms with Crippen molar-refractivity contribution >= 4 is 17.8 Å². The molecule has 1 N–H and O–H groups in total. The van der Waals surface area contributed by atoms with Crippen molar-refractivity contribution in [3.8, 4) is 11.5 Å². The van der Waals surface area contributed by atoms with Crippen molar-refractivity contribution in [3.05, 3.63) is 23.8 Å². The number of nitrogens with zero attached hydrogens (tertiary/aromatic N) is 2. The maximum Gasteiger partial charge on any atom is 0.341 e. The number of aliphatic carboxylic acids is 1. The minimum absolute atomic E-state index is 0.100. The molecule has 0 radical (unpaired) electrons. The lowest BCUT2D eigenvalue weighted by Crippen LogP contribution is -2.47. The standard InChI is InChI=1S/C20H26N2O6/c1-2-27-17-12-14(5-6-16(17)28-13-19(24)25)20(26)21-10-7-15(8-11-21)22-9-3-4-18(22)23/h5-6,12,15H,2-4,7-11,13H2,1H3,(H,24,25). The van der Waals surface area contributed by atoms with Crippen LogP contribution < -0.4 is 9.47 Å². The summed E-state index contributed by atoms with van der Waals surface area (Å²) in [6.07, 6.45) is 3.13. The molecule has 0 atom stereocenters. The largest absolute Gasteiger partial charge is 0.490 e. The van der Waals surface area contributed by atoms with Crippen LogP contribution in [-0.2, 0) is 9.59 Å². The number of carboxylic acid groups (broad SMARTS) is 1. The van der Waals surface area contributed by atoms with Gasteiger partial charge in [-0.15, -0.1) is 0 Å². The van der Waals surface area contributed by atoms with Crippen LogP contribution in [0.15, 0.2) is 18.2 Å². The van der Waals surface area contributed by atoms with Gasteiger partial charge >= 0.3 is 5.97 Å². The Kier molecular flexibility index (Phi) is 6.38. The molecule has 28 heavy (non-hydrogen) atoms. The summed E-state index contributed by atoms with van der Waals surface area (Å²) in [6, 6.07) is 5.01. The lowest BCUT2D eigenvalue weighted by atomic mass is 10.0. The fraction of sp³-hybridized carbons (Fsp3) is 0.550. The van der Waals surface area contributed by atoms with Gasteiger partial charge in [0.1, 0.15) is 0 Å². The first-order valence-corrected chi connectivity index (χ1v) is 9.69. The lowest BCUT2D eigenvalue weighted by molar-refractivity contribution is -0.139. The minimum Gasteiger partial charge on any atom is -0.490 e. The van der Waals surface area contributed by atoms with Crippen LogP contribution in [0.2, 0.25) is 0 Å². The third-order valence-corrected chi connectivity index (χ3v) is 5.14. The fourth-order valence-electron chi connectivity index (χ4n) is 3.79. The number of rotatable bonds is 7. The monoisotopic (exact) mass is 390 g/mol. The Balaban J connectivity index is 1.64. The predicted octanol–water partition coefficient (Wildman–Crippen LogP) is 1.78. The van der Waals surface area contributed by atoms with Crippen LogP contribution in [0, 0.1) is 0 Å². The summed E-state index contributed by atoms with van der Waals surface area (Å²) in [6.45, 7) is 3.74. The molecule has 8 nitrogen and oxygen atoms in total. The summed E-state index contributed by atoms with van der Waals surface area (Å²) in [4.78, 5) is 39.3. The fourth-order valence-corrected chi connectivity index (χ4v) is 3.79. The van der Waals surface area contributed by atoms with E-state index in [0.717, 1.165) is 25.8 Å². The Hall–Kier alpha value is -2.77. The molecule has 8 heteroatoms. The van der Waals surface area contributed by atoms with Gasteiger partial charge in [0.2, 0.25) is 5.91 Å². The van der Waals surface area contributed by atoms with E-state index in [1.807, 2.05) is 4.90 Å². The number of carbonyl (C=O) groups excluding carboxylic acids is 2. The van der Waals surface area contributed by atoms with E-state index in [-0.39, 0.29) is 17.9 Å². The topological polar surface area (TPSA) is 96.4 Å². The number of ether oxygens (including phenoxy) is 2. The molecular weight excluding hydrogens is 364 g/mol. The van der Waals surface area contributed by atoms with Crippen molar-refractivity contribution in [1.29, 1.82) is 0 Å². The molecule has 0 unspecified atom stereocenters. The number of hydrogen-bond acceptors (Lipinski definition) is 5. The number of benzene rings is 1. The van der Waals surface area contributed by atoms with E-state index in [2.05, 4.69) is 0 Å². The van der Waals surface area contributed by atoms with Gasteiger partial charge in [-0.05, 0) is 44.4 Å². The Morgan fingerprint density at radius 3 is 2.50 bits per heavy atom. The Morgan fingerprint density at radius 1 is 1.14 bits per heavy atom. The van der Waals surface area contributed by atoms with Gasteiger partial charge in [0.25, 0.3) is 5.91 Å². The molecule has 0 bridgehead atoms. The van der Waals surface area contributed by atoms with E-state index >= 15 is 0 Å². The summed E-state index contributed by atoms with van der Waals surface area (Å²) >= 11 is 0. The zero-order chi connectivity index (χ0) is 20.1. The molecular formula is C20H26N2O6. The molecule has 2 aliphatic rings. The van der Waals surface area contributed by atoms with Crippen LogP contribution >= 0.6 is 0 Å². The maximum absolute atomic E-state index is 12.9. The number of likely N-dealkylation sites (tertiary alicyclic amines) is 2. The summed E-state index contributed by atoms with van der Waals surface area (Å²) < 4.78 is 10.7. The quantitative estimate of drug-likeness (QED) is 0.762. The first-order valence-electron chi connectivity index (χ1n) is 9.69. The molecule has 2 saturated heterocycles. The van der Waals surface area contributed by atoms with Crippen LogP contribution in [0.25, 0.3) is 0 Å². The third-order valence-electron chi connectivity index (χ3n) is 5.14. The molecule has 1 aromatic carbocycles. The van der Waals surface area contributed by atoms with E-state index in [1.165, 1.54) is 0 Å². The molecule has 2 fully saturated rings. The molecule has 0 aromatic heterocycles. The zero-order valence-corrected chi connectivity index (χ0v) is 16.1. The van der Waals surface area contributed by atoms with Crippen molar-refractivity contribution in [3.63, 3.8) is 0 Å². The lowest BCUT2D eigenvalue weighted by Gasteiger charge is -2.36. The van der Waals surface area contributed by atoms with Crippen molar-refractivity contribution in [2.45, 2.75) is 38.6 Å². The molecule has 3 rings (SSSR count). The second-order valence-electron chi connectivity index (χ2n) is 6.99. The molecule has 0 saturated carbocycles. The van der Waals surface area contributed by atoms with Crippen LogP contribution in [0.3, 0.4) is 0 Å². The summed E-state index contributed by atoms with van der Waals surface area (Å²) in [5.41, 5.74) is 0.474. The van der Waals surface area contributed by atoms with Crippen LogP contribution in [0.5, 0.6) is 11.5 Å². The van der Waals surface area contributed by atoms with Crippen molar-refractivity contribution < 1.29 is 29.0 Å². The predicted molar refractivity (Wildman–Crippen MR) is 101 cm³/mol. The highest BCUT2D eigenvalue weighted by atomic mass is 16.5. The average Bonchev–Trinajstić information content (AvgIpc) is 3.12. The Labute approximate surface area is 164 Å². The highest BCUT2D eigenvalue weighted by Crippen LogP contribution is 2.30. The van der Waals surface area contributed by atoms with Gasteiger partial charge in [0.05, 0.1) is 6.61 Å². The van der Waals surface area contributed by atoms with Gasteiger partial charge in [-0.1, -0.05) is 0 Å². The number of piperidine rings is 1. The highest BCUT2D eigenvalue weighted by molar-refractivity contribution is 5.95. The average molecular weight is 390 g/mol. The third kappa shape index (κ3) is 4.55. The van der Waals surface area contributed by atoms with Gasteiger partial charge in [0, 0.05) is 37.7 Å². The van der Waals surface area contributed by atoms with Gasteiger partial charge in [-0.25, -0.2) is 4.79 Å². The molecule has 152 valence electrons. The molecule has 0 spiro atoms. The molecule has 0 aliphatic carbocycles.